The van der Waals surface area contributed by atoms with Crippen LogP contribution in [0.4, 0.5) is 11.4 Å². The third-order valence-corrected chi connectivity index (χ3v) is 2.36. The van der Waals surface area contributed by atoms with Crippen LogP contribution < -0.4 is 5.56 Å². The summed E-state index contributed by atoms with van der Waals surface area (Å²) < 4.78 is 0. The summed E-state index contributed by atoms with van der Waals surface area (Å²) in [5.41, 5.74) is 0.579. The molecule has 0 aliphatic rings. The Balaban J connectivity index is 2.39. The maximum absolute atomic E-state index is 11.3. The molecule has 0 radical (unpaired) electrons. The number of aromatic amines is 2. The quantitative estimate of drug-likeness (QED) is 0.717. The van der Waals surface area contributed by atoms with Crippen molar-refractivity contribution in [1.82, 2.24) is 10.2 Å². The Morgan fingerprint density at radius 3 is 2.71 bits per heavy atom. The molecule has 2 rings (SSSR count). The molecule has 3 N–H and O–H groups in total. The van der Waals surface area contributed by atoms with E-state index in [9.17, 15) is 9.90 Å². The van der Waals surface area contributed by atoms with Gasteiger partial charge in [-0.05, 0) is 25.1 Å². The second-order valence-electron chi connectivity index (χ2n) is 3.39. The van der Waals surface area contributed by atoms with Crippen LogP contribution in [0.5, 0.6) is 5.75 Å². The predicted octanol–water partition coefficient (Wildman–Crippen LogP) is 2.79. The van der Waals surface area contributed by atoms with Crippen molar-refractivity contribution < 1.29 is 5.11 Å². The summed E-state index contributed by atoms with van der Waals surface area (Å²) in [7, 11) is 0. The van der Waals surface area contributed by atoms with Gasteiger partial charge in [-0.1, -0.05) is 11.6 Å². The number of phenolic OH excluding ortho intramolecular Hbond substituents is 1. The van der Waals surface area contributed by atoms with Gasteiger partial charge in [-0.3, -0.25) is 9.89 Å². The number of hydrogen-bond acceptors (Lipinski definition) is 4. The smallest absolute Gasteiger partial charge is 0.291 e. The van der Waals surface area contributed by atoms with E-state index in [0.717, 1.165) is 0 Å². The second-order valence-corrected chi connectivity index (χ2v) is 3.82. The van der Waals surface area contributed by atoms with Crippen LogP contribution in [0.2, 0.25) is 5.02 Å². The summed E-state index contributed by atoms with van der Waals surface area (Å²) in [6, 6.07) is 4.39. The summed E-state index contributed by atoms with van der Waals surface area (Å²) in [4.78, 5) is 11.3. The Morgan fingerprint density at radius 2 is 2.06 bits per heavy atom. The summed E-state index contributed by atoms with van der Waals surface area (Å²) in [5.74, 6) is -0.0530. The number of halogens is 1. The number of benzene rings is 1. The number of aryl methyl sites for hydroxylation is 1. The van der Waals surface area contributed by atoms with Crippen LogP contribution in [0.25, 0.3) is 0 Å². The molecule has 0 saturated heterocycles. The van der Waals surface area contributed by atoms with Crippen LogP contribution >= 0.6 is 11.6 Å². The van der Waals surface area contributed by atoms with Gasteiger partial charge in [0.25, 0.3) is 5.56 Å². The van der Waals surface area contributed by atoms with Crippen molar-refractivity contribution >= 4 is 23.0 Å². The third-order valence-electron chi connectivity index (χ3n) is 2.13. The van der Waals surface area contributed by atoms with Gasteiger partial charge in [0.15, 0.2) is 5.69 Å². The molecule has 0 spiro atoms. The predicted molar refractivity (Wildman–Crippen MR) is 63.4 cm³/mol. The van der Waals surface area contributed by atoms with Crippen molar-refractivity contribution in [3.8, 4) is 5.75 Å². The van der Waals surface area contributed by atoms with E-state index in [-0.39, 0.29) is 22.7 Å². The van der Waals surface area contributed by atoms with Gasteiger partial charge in [0.2, 0.25) is 0 Å². The minimum absolute atomic E-state index is 0.0530. The molecule has 1 aromatic heterocycles. The fourth-order valence-electron chi connectivity index (χ4n) is 1.24. The highest BCUT2D eigenvalue weighted by atomic mass is 35.5. The Labute approximate surface area is 101 Å². The average molecular weight is 253 g/mol. The normalized spacial score (nSPS) is 11.2. The Morgan fingerprint density at radius 1 is 1.29 bits per heavy atom. The van der Waals surface area contributed by atoms with Gasteiger partial charge in [-0.2, -0.15) is 0 Å². The zero-order valence-corrected chi connectivity index (χ0v) is 9.62. The summed E-state index contributed by atoms with van der Waals surface area (Å²) in [6.45, 7) is 1.68. The Hall–Kier alpha value is -2.08. The Kier molecular flexibility index (Phi) is 2.97. The standard InChI is InChI=1S/C10H9ClN4O2/c1-5-9(10(17)15-12-5)14-13-7-4-6(11)2-3-8(7)16/h2-4,16H,1H3,(H2,12,15,17). The van der Waals surface area contributed by atoms with E-state index in [0.29, 0.717) is 10.7 Å². The van der Waals surface area contributed by atoms with E-state index >= 15 is 0 Å². The number of H-pyrrole nitrogens is 2. The fourth-order valence-corrected chi connectivity index (χ4v) is 1.41. The molecular formula is C10H9ClN4O2. The zero-order chi connectivity index (χ0) is 12.4. The zero-order valence-electron chi connectivity index (χ0n) is 8.86. The number of hydrogen-bond donors (Lipinski definition) is 3. The highest BCUT2D eigenvalue weighted by molar-refractivity contribution is 6.30. The third kappa shape index (κ3) is 2.36. The minimum atomic E-state index is -0.368. The number of nitrogens with zero attached hydrogens (tertiary/aromatic N) is 2. The molecule has 0 aliphatic carbocycles. The van der Waals surface area contributed by atoms with E-state index in [1.807, 2.05) is 0 Å². The lowest BCUT2D eigenvalue weighted by Gasteiger charge is -1.97. The van der Waals surface area contributed by atoms with Crippen LogP contribution in [0, 0.1) is 6.92 Å². The van der Waals surface area contributed by atoms with Crippen molar-refractivity contribution in [2.75, 3.05) is 0 Å². The van der Waals surface area contributed by atoms with E-state index in [4.69, 9.17) is 11.6 Å². The van der Waals surface area contributed by atoms with Gasteiger partial charge in [0, 0.05) is 5.02 Å². The largest absolute Gasteiger partial charge is 0.506 e. The molecule has 17 heavy (non-hydrogen) atoms. The molecule has 1 heterocycles. The maximum atomic E-state index is 11.3. The second kappa shape index (κ2) is 4.42. The van der Waals surface area contributed by atoms with Gasteiger partial charge in [-0.15, -0.1) is 10.2 Å². The summed E-state index contributed by atoms with van der Waals surface area (Å²) in [5, 5.41) is 22.5. The van der Waals surface area contributed by atoms with E-state index < -0.39 is 0 Å². The molecule has 2 aromatic rings. The van der Waals surface area contributed by atoms with Crippen LogP contribution in [-0.2, 0) is 0 Å². The molecule has 0 atom stereocenters. The molecule has 88 valence electrons. The van der Waals surface area contributed by atoms with Crippen LogP contribution in [0.1, 0.15) is 5.69 Å². The SMILES string of the molecule is Cc1[nH][nH]c(=O)c1N=Nc1cc(Cl)ccc1O. The number of aromatic hydroxyl groups is 1. The lowest BCUT2D eigenvalue weighted by molar-refractivity contribution is 0.476. The van der Waals surface area contributed by atoms with Gasteiger partial charge < -0.3 is 10.2 Å². The first-order valence-corrected chi connectivity index (χ1v) is 5.13. The minimum Gasteiger partial charge on any atom is -0.506 e. The molecule has 0 aliphatic heterocycles. The van der Waals surface area contributed by atoms with Crippen molar-refractivity contribution in [2.24, 2.45) is 10.2 Å². The maximum Gasteiger partial charge on any atom is 0.291 e. The number of nitrogens with one attached hydrogen (secondary N) is 2. The topological polar surface area (TPSA) is 93.6 Å². The monoisotopic (exact) mass is 252 g/mol. The highest BCUT2D eigenvalue weighted by Gasteiger charge is 2.05. The van der Waals surface area contributed by atoms with E-state index in [1.54, 1.807) is 6.92 Å². The molecule has 0 unspecified atom stereocenters. The van der Waals surface area contributed by atoms with Gasteiger partial charge in [-0.25, -0.2) is 0 Å². The number of azo groups is 1. The van der Waals surface area contributed by atoms with Crippen molar-refractivity contribution in [3.05, 3.63) is 39.3 Å². The molecule has 0 fully saturated rings. The van der Waals surface area contributed by atoms with Crippen molar-refractivity contribution in [3.63, 3.8) is 0 Å². The molecule has 0 amide bonds. The van der Waals surface area contributed by atoms with Crippen LogP contribution in [0.15, 0.2) is 33.2 Å². The summed E-state index contributed by atoms with van der Waals surface area (Å²) >= 11 is 5.75. The molecule has 6 nitrogen and oxygen atoms in total. The van der Waals surface area contributed by atoms with Gasteiger partial charge in [0.05, 0.1) is 5.69 Å². The van der Waals surface area contributed by atoms with Gasteiger partial charge in [0.1, 0.15) is 11.4 Å². The first-order valence-electron chi connectivity index (χ1n) is 4.75. The van der Waals surface area contributed by atoms with E-state index in [2.05, 4.69) is 20.4 Å². The first kappa shape index (κ1) is 11.4. The van der Waals surface area contributed by atoms with Crippen molar-refractivity contribution in [2.45, 2.75) is 6.92 Å². The lowest BCUT2D eigenvalue weighted by Crippen LogP contribution is -1.96. The molecule has 7 heteroatoms. The fraction of sp³-hybridized carbons (Fsp3) is 0.100. The Bertz CT molecular complexity index is 629. The molecule has 0 bridgehead atoms. The van der Waals surface area contributed by atoms with Gasteiger partial charge >= 0.3 is 0 Å². The van der Waals surface area contributed by atoms with Crippen LogP contribution in [0.3, 0.4) is 0 Å². The van der Waals surface area contributed by atoms with Crippen LogP contribution in [-0.4, -0.2) is 15.3 Å². The average Bonchev–Trinajstić information content (AvgIpc) is 2.61. The first-order chi connectivity index (χ1) is 8.08. The molecule has 1 aromatic carbocycles. The summed E-state index contributed by atoms with van der Waals surface area (Å²) in [6.07, 6.45) is 0. The lowest BCUT2D eigenvalue weighted by atomic mass is 10.3. The highest BCUT2D eigenvalue weighted by Crippen LogP contribution is 2.30. The molecular weight excluding hydrogens is 244 g/mol. The number of phenols is 1. The number of aromatic nitrogens is 2. The molecule has 0 saturated carbocycles. The van der Waals surface area contributed by atoms with E-state index in [1.165, 1.54) is 18.2 Å². The number of rotatable bonds is 2. The van der Waals surface area contributed by atoms with Crippen molar-refractivity contribution in [1.29, 1.82) is 0 Å².